The second-order valence-corrected chi connectivity index (χ2v) is 18.2. The van der Waals surface area contributed by atoms with Crippen molar-refractivity contribution >= 4 is 105 Å². The van der Waals surface area contributed by atoms with Crippen LogP contribution in [0, 0.1) is 0 Å². The summed E-state index contributed by atoms with van der Waals surface area (Å²) in [7, 11) is 0. The van der Waals surface area contributed by atoms with Crippen LogP contribution in [0.3, 0.4) is 0 Å². The quantitative estimate of drug-likeness (QED) is 0.142. The third-order valence-electron chi connectivity index (χ3n) is 13.6. The minimum Gasteiger partial charge on any atom is -0.454 e. The number of hydrogen-bond acceptors (Lipinski definition) is 4. The van der Waals surface area contributed by atoms with Crippen LogP contribution >= 0.6 is 0 Å². The molecule has 0 bridgehead atoms. The summed E-state index contributed by atoms with van der Waals surface area (Å²) < 4.78 is 56.1. The van der Waals surface area contributed by atoms with E-state index >= 15 is 0 Å². The maximum absolute atomic E-state index is 14.1. The highest BCUT2D eigenvalue weighted by atomic mass is 19.4. The van der Waals surface area contributed by atoms with Gasteiger partial charge in [0.15, 0.2) is 11.2 Å². The van der Waals surface area contributed by atoms with Gasteiger partial charge in [-0.3, -0.25) is 0 Å². The van der Waals surface area contributed by atoms with E-state index in [2.05, 4.69) is 165 Å². The maximum Gasteiger partial charge on any atom is 0.416 e. The average Bonchev–Trinajstić information content (AvgIpc) is 3.91. The first kappa shape index (κ1) is 40.0. The molecule has 9 aromatic carbocycles. The third-order valence-corrected chi connectivity index (χ3v) is 13.6. The van der Waals surface area contributed by atoms with Crippen LogP contribution in [0.5, 0.6) is 0 Å². The van der Waals surface area contributed by atoms with Gasteiger partial charge < -0.3 is 18.6 Å². The summed E-state index contributed by atoms with van der Waals surface area (Å²) in [6, 6.07) is 48.0. The molecule has 324 valence electrons. The molecule has 0 aliphatic heterocycles. The number of nitrogens with zero attached hydrogens (tertiary/aromatic N) is 2. The Morgan fingerprint density at radius 3 is 1.42 bits per heavy atom. The van der Waals surface area contributed by atoms with Gasteiger partial charge in [0.2, 0.25) is 0 Å². The van der Waals surface area contributed by atoms with Crippen LogP contribution in [0.4, 0.5) is 41.6 Å². The van der Waals surface area contributed by atoms with E-state index in [0.717, 1.165) is 124 Å². The monoisotopic (exact) mass is 870 g/mol. The van der Waals surface area contributed by atoms with Gasteiger partial charge >= 0.3 is 6.18 Å². The van der Waals surface area contributed by atoms with Gasteiger partial charge in [-0.15, -0.1) is 0 Å². The van der Waals surface area contributed by atoms with Crippen LogP contribution in [0.25, 0.3) is 76.2 Å². The van der Waals surface area contributed by atoms with Gasteiger partial charge in [0.05, 0.1) is 28.3 Å². The average molecular weight is 871 g/mol. The van der Waals surface area contributed by atoms with E-state index in [9.17, 15) is 13.2 Å². The number of anilines is 5. The van der Waals surface area contributed by atoms with Crippen LogP contribution < -0.4 is 9.80 Å². The van der Waals surface area contributed by atoms with Crippen molar-refractivity contribution in [2.75, 3.05) is 9.80 Å². The molecule has 1 aliphatic rings. The predicted octanol–water partition coefficient (Wildman–Crippen LogP) is 18.5. The third kappa shape index (κ3) is 6.13. The Labute approximate surface area is 379 Å². The largest absolute Gasteiger partial charge is 0.454 e. The van der Waals surface area contributed by atoms with Crippen LogP contribution in [0.1, 0.15) is 69.1 Å². The molecular weight excluding hydrogens is 826 g/mol. The molecule has 0 atom stereocenters. The Hall–Kier alpha value is -7.51. The minimum absolute atomic E-state index is 0.220. The lowest BCUT2D eigenvalue weighted by molar-refractivity contribution is -0.137. The summed E-state index contributed by atoms with van der Waals surface area (Å²) in [5.74, 6) is 0.513. The van der Waals surface area contributed by atoms with Crippen molar-refractivity contribution in [3.8, 4) is 0 Å². The number of allylic oxidation sites excluding steroid dienone is 4. The molecule has 4 nitrogen and oxygen atoms in total. The lowest BCUT2D eigenvalue weighted by Gasteiger charge is -2.31. The lowest BCUT2D eigenvalue weighted by atomic mass is 9.91. The summed E-state index contributed by atoms with van der Waals surface area (Å²) in [5.41, 5.74) is 10.1. The number of fused-ring (bicyclic) bond motifs is 6. The van der Waals surface area contributed by atoms with E-state index < -0.39 is 11.7 Å². The highest BCUT2D eigenvalue weighted by Crippen LogP contribution is 2.51. The minimum atomic E-state index is -4.48. The van der Waals surface area contributed by atoms with Gasteiger partial charge in [-0.25, -0.2) is 0 Å². The molecule has 0 amide bonds. The Morgan fingerprint density at radius 1 is 0.470 bits per heavy atom. The van der Waals surface area contributed by atoms with E-state index in [1.165, 1.54) is 11.3 Å². The zero-order chi connectivity index (χ0) is 45.0. The number of halogens is 3. The molecule has 0 spiro atoms. The Bertz CT molecular complexity index is 3770. The normalized spacial score (nSPS) is 13.6. The molecule has 2 aromatic heterocycles. The van der Waals surface area contributed by atoms with Crippen LogP contribution in [-0.4, -0.2) is 0 Å². The molecule has 0 unspecified atom stereocenters. The molecule has 0 saturated carbocycles. The Kier molecular flexibility index (Phi) is 9.12. The SMILES string of the molecule is CC(C)c1cccc2c1oc1c(N(C3=CC=CCC3)c3ccc4ccc5c(N(c6ccc(C(F)(F)F)cc6)c6cccc7c6oc6c(C(C)C)cccc67)ccc6ccc3c4c65)cccc12. The molecule has 0 saturated heterocycles. The molecule has 2 heterocycles. The smallest absolute Gasteiger partial charge is 0.416 e. The summed E-state index contributed by atoms with van der Waals surface area (Å²) in [6.07, 6.45) is 3.86. The van der Waals surface area contributed by atoms with Crippen molar-refractivity contribution in [3.63, 3.8) is 0 Å². The first-order valence-electron chi connectivity index (χ1n) is 22.8. The molecule has 66 heavy (non-hydrogen) atoms. The zero-order valence-electron chi connectivity index (χ0n) is 37.0. The molecule has 0 N–H and O–H groups in total. The number of alkyl halides is 3. The first-order chi connectivity index (χ1) is 32.0. The van der Waals surface area contributed by atoms with E-state index in [0.29, 0.717) is 17.2 Å². The number of furan rings is 2. The van der Waals surface area contributed by atoms with Gasteiger partial charge in [0, 0.05) is 43.7 Å². The second kappa shape index (κ2) is 15.0. The number of rotatable bonds is 8. The first-order valence-corrected chi connectivity index (χ1v) is 22.8. The highest BCUT2D eigenvalue weighted by Gasteiger charge is 2.31. The molecule has 11 aromatic rings. The van der Waals surface area contributed by atoms with E-state index in [-0.39, 0.29) is 5.92 Å². The van der Waals surface area contributed by atoms with Crippen molar-refractivity contribution < 1.29 is 22.0 Å². The summed E-state index contributed by atoms with van der Waals surface area (Å²) in [5, 5.41) is 10.5. The summed E-state index contributed by atoms with van der Waals surface area (Å²) in [6.45, 7) is 8.71. The molecule has 12 rings (SSSR count). The van der Waals surface area contributed by atoms with Crippen molar-refractivity contribution in [2.24, 2.45) is 0 Å². The fourth-order valence-electron chi connectivity index (χ4n) is 10.5. The van der Waals surface area contributed by atoms with Crippen molar-refractivity contribution in [2.45, 2.75) is 58.5 Å². The van der Waals surface area contributed by atoms with Gasteiger partial charge in [0.25, 0.3) is 0 Å². The lowest BCUT2D eigenvalue weighted by Crippen LogP contribution is -2.18. The van der Waals surface area contributed by atoms with Gasteiger partial charge in [-0.1, -0.05) is 137 Å². The van der Waals surface area contributed by atoms with Gasteiger partial charge in [-0.2, -0.15) is 13.2 Å². The summed E-state index contributed by atoms with van der Waals surface area (Å²) in [4.78, 5) is 4.45. The highest BCUT2D eigenvalue weighted by molar-refractivity contribution is 6.28. The molecule has 1 aliphatic carbocycles. The van der Waals surface area contributed by atoms with E-state index in [1.807, 2.05) is 12.1 Å². The van der Waals surface area contributed by atoms with Crippen LogP contribution in [0.2, 0.25) is 0 Å². The Balaban J connectivity index is 1.11. The van der Waals surface area contributed by atoms with Crippen LogP contribution in [0.15, 0.2) is 178 Å². The topological polar surface area (TPSA) is 32.8 Å². The Morgan fingerprint density at radius 2 is 0.939 bits per heavy atom. The van der Waals surface area contributed by atoms with Crippen LogP contribution in [-0.2, 0) is 6.18 Å². The molecule has 7 heteroatoms. The fourth-order valence-corrected chi connectivity index (χ4v) is 10.5. The van der Waals surface area contributed by atoms with E-state index in [4.69, 9.17) is 8.83 Å². The number of hydrogen-bond donors (Lipinski definition) is 0. The molecule has 0 radical (unpaired) electrons. The number of para-hydroxylation sites is 4. The fraction of sp³-hybridized carbons (Fsp3) is 0.153. The van der Waals surface area contributed by atoms with Gasteiger partial charge in [-0.05, 0) is 112 Å². The summed E-state index contributed by atoms with van der Waals surface area (Å²) >= 11 is 0. The maximum atomic E-state index is 14.1. The number of benzene rings is 9. The zero-order valence-corrected chi connectivity index (χ0v) is 37.0. The predicted molar refractivity (Wildman–Crippen MR) is 268 cm³/mol. The van der Waals surface area contributed by atoms with Gasteiger partial charge in [0.1, 0.15) is 11.2 Å². The second-order valence-electron chi connectivity index (χ2n) is 18.2. The van der Waals surface area contributed by atoms with Crippen molar-refractivity contribution in [3.05, 3.63) is 186 Å². The molecular formula is C59H45F3N2O2. The van der Waals surface area contributed by atoms with E-state index in [1.54, 1.807) is 12.1 Å². The molecule has 0 fully saturated rings. The standard InChI is InChI=1S/C59H45F3N2O2/c1-34(2)41-14-8-16-43-45-18-10-20-51(57(45)65-55(41)43)63(39-12-6-5-7-13-39)49-32-24-36-23-31-48-50(33-25-37-22-30-47(49)53(36)54(37)48)64(40-28-26-38(27-29-40)59(60,61)62)52-21-11-19-46-44-17-9-15-42(35(3)4)56(44)66-58(46)52/h5-6,8-12,14-35H,7,13H2,1-4H3. The van der Waals surface area contributed by atoms with Crippen molar-refractivity contribution in [1.82, 2.24) is 0 Å². The van der Waals surface area contributed by atoms with Crippen molar-refractivity contribution in [1.29, 1.82) is 0 Å².